The van der Waals surface area contributed by atoms with Crippen LogP contribution in [-0.4, -0.2) is 61.2 Å². The van der Waals surface area contributed by atoms with E-state index in [-0.39, 0.29) is 5.92 Å². The molecular formula is C11H22N2O2. The van der Waals surface area contributed by atoms with Gasteiger partial charge in [-0.05, 0) is 53.0 Å². The van der Waals surface area contributed by atoms with Crippen LogP contribution in [-0.2, 0) is 4.79 Å². The molecular weight excluding hydrogens is 192 g/mol. The highest BCUT2D eigenvalue weighted by Gasteiger charge is 2.24. The Morgan fingerprint density at radius 3 is 2.87 bits per heavy atom. The first-order valence-corrected chi connectivity index (χ1v) is 5.69. The minimum absolute atomic E-state index is 0.141. The second-order valence-corrected chi connectivity index (χ2v) is 4.63. The third-order valence-corrected chi connectivity index (χ3v) is 2.93. The fraction of sp³-hybridized carbons (Fsp3) is 0.909. The Kier molecular flexibility index (Phi) is 5.05. The quantitative estimate of drug-likeness (QED) is 0.733. The summed E-state index contributed by atoms with van der Waals surface area (Å²) < 4.78 is 0. The van der Waals surface area contributed by atoms with Gasteiger partial charge in [0, 0.05) is 6.54 Å². The van der Waals surface area contributed by atoms with Crippen molar-refractivity contribution < 1.29 is 9.90 Å². The molecule has 1 rings (SSSR count). The highest BCUT2D eigenvalue weighted by molar-refractivity contribution is 5.70. The van der Waals surface area contributed by atoms with E-state index in [2.05, 4.69) is 23.9 Å². The number of nitrogens with zero attached hydrogens (tertiary/aromatic N) is 2. The van der Waals surface area contributed by atoms with E-state index in [9.17, 15) is 4.79 Å². The predicted octanol–water partition coefficient (Wildman–Crippen LogP) is 0.735. The SMILES string of the molecule is CN(C)CCCN1CCCC(C(=O)O)C1. The number of piperidine rings is 1. The maximum absolute atomic E-state index is 10.8. The molecule has 1 unspecified atom stereocenters. The van der Waals surface area contributed by atoms with Crippen molar-refractivity contribution in [3.05, 3.63) is 0 Å². The molecule has 1 atom stereocenters. The smallest absolute Gasteiger partial charge is 0.307 e. The summed E-state index contributed by atoms with van der Waals surface area (Å²) in [4.78, 5) is 15.3. The molecule has 0 saturated carbocycles. The van der Waals surface area contributed by atoms with Gasteiger partial charge in [-0.3, -0.25) is 4.79 Å². The molecule has 1 aliphatic heterocycles. The van der Waals surface area contributed by atoms with E-state index in [1.165, 1.54) is 0 Å². The van der Waals surface area contributed by atoms with Crippen LogP contribution in [0, 0.1) is 5.92 Å². The van der Waals surface area contributed by atoms with Crippen molar-refractivity contribution in [2.45, 2.75) is 19.3 Å². The standard InChI is InChI=1S/C11H22N2O2/c1-12(2)6-4-8-13-7-3-5-10(9-13)11(14)15/h10H,3-9H2,1-2H3,(H,14,15). The maximum atomic E-state index is 10.8. The zero-order chi connectivity index (χ0) is 11.3. The monoisotopic (exact) mass is 214 g/mol. The molecule has 1 fully saturated rings. The first kappa shape index (κ1) is 12.5. The van der Waals surface area contributed by atoms with Crippen LogP contribution in [0.15, 0.2) is 0 Å². The number of carbonyl (C=O) groups is 1. The predicted molar refractivity (Wildman–Crippen MR) is 60.0 cm³/mol. The van der Waals surface area contributed by atoms with Crippen LogP contribution in [0.25, 0.3) is 0 Å². The summed E-state index contributed by atoms with van der Waals surface area (Å²) in [6.45, 7) is 3.91. The lowest BCUT2D eigenvalue weighted by Crippen LogP contribution is -2.39. The van der Waals surface area contributed by atoms with Crippen molar-refractivity contribution in [2.75, 3.05) is 40.3 Å². The van der Waals surface area contributed by atoms with Gasteiger partial charge in [0.2, 0.25) is 0 Å². The van der Waals surface area contributed by atoms with Crippen molar-refractivity contribution in [1.82, 2.24) is 9.80 Å². The van der Waals surface area contributed by atoms with Crippen molar-refractivity contribution in [1.29, 1.82) is 0 Å². The summed E-state index contributed by atoms with van der Waals surface area (Å²) in [6, 6.07) is 0. The number of carboxylic acid groups (broad SMARTS) is 1. The number of carboxylic acids is 1. The fourth-order valence-corrected chi connectivity index (χ4v) is 2.07. The molecule has 0 radical (unpaired) electrons. The Morgan fingerprint density at radius 1 is 1.53 bits per heavy atom. The van der Waals surface area contributed by atoms with Gasteiger partial charge in [0.05, 0.1) is 5.92 Å². The Bertz CT molecular complexity index is 207. The molecule has 0 aromatic heterocycles. The number of likely N-dealkylation sites (tertiary alicyclic amines) is 1. The lowest BCUT2D eigenvalue weighted by Gasteiger charge is -2.30. The molecule has 1 saturated heterocycles. The molecule has 4 heteroatoms. The number of aliphatic carboxylic acids is 1. The van der Waals surface area contributed by atoms with Crippen LogP contribution in [0.1, 0.15) is 19.3 Å². The van der Waals surface area contributed by atoms with E-state index in [0.717, 1.165) is 45.4 Å². The van der Waals surface area contributed by atoms with Crippen LogP contribution in [0.5, 0.6) is 0 Å². The maximum Gasteiger partial charge on any atom is 0.307 e. The average molecular weight is 214 g/mol. The molecule has 4 nitrogen and oxygen atoms in total. The number of hydrogen-bond acceptors (Lipinski definition) is 3. The Labute approximate surface area is 91.9 Å². The van der Waals surface area contributed by atoms with Crippen molar-refractivity contribution in [3.63, 3.8) is 0 Å². The summed E-state index contributed by atoms with van der Waals surface area (Å²) >= 11 is 0. The third kappa shape index (κ3) is 4.62. The molecule has 0 aliphatic carbocycles. The summed E-state index contributed by atoms with van der Waals surface area (Å²) in [5.41, 5.74) is 0. The van der Waals surface area contributed by atoms with Gasteiger partial charge in [0.25, 0.3) is 0 Å². The highest BCUT2D eigenvalue weighted by Crippen LogP contribution is 2.16. The van der Waals surface area contributed by atoms with E-state index < -0.39 is 5.97 Å². The van der Waals surface area contributed by atoms with Gasteiger partial charge >= 0.3 is 5.97 Å². The molecule has 0 spiro atoms. The zero-order valence-corrected chi connectivity index (χ0v) is 9.78. The van der Waals surface area contributed by atoms with Gasteiger partial charge in [0.1, 0.15) is 0 Å². The summed E-state index contributed by atoms with van der Waals surface area (Å²) in [6.07, 6.45) is 3.00. The van der Waals surface area contributed by atoms with E-state index >= 15 is 0 Å². The third-order valence-electron chi connectivity index (χ3n) is 2.93. The molecule has 0 aromatic rings. The Balaban J connectivity index is 2.21. The van der Waals surface area contributed by atoms with Crippen LogP contribution < -0.4 is 0 Å². The molecule has 0 aromatic carbocycles. The van der Waals surface area contributed by atoms with E-state index in [1.807, 2.05) is 0 Å². The molecule has 0 amide bonds. The molecule has 0 bridgehead atoms. The van der Waals surface area contributed by atoms with Gasteiger partial charge < -0.3 is 14.9 Å². The van der Waals surface area contributed by atoms with Gasteiger partial charge in [0.15, 0.2) is 0 Å². The molecule has 1 N–H and O–H groups in total. The van der Waals surface area contributed by atoms with Crippen LogP contribution in [0.4, 0.5) is 0 Å². The average Bonchev–Trinajstić information content (AvgIpc) is 2.17. The zero-order valence-electron chi connectivity index (χ0n) is 9.78. The van der Waals surface area contributed by atoms with Crippen LogP contribution in [0.2, 0.25) is 0 Å². The van der Waals surface area contributed by atoms with Crippen molar-refractivity contribution in [2.24, 2.45) is 5.92 Å². The number of hydrogen-bond donors (Lipinski definition) is 1. The van der Waals surface area contributed by atoms with Gasteiger partial charge in [-0.2, -0.15) is 0 Å². The minimum Gasteiger partial charge on any atom is -0.481 e. The minimum atomic E-state index is -0.632. The Morgan fingerprint density at radius 2 is 2.27 bits per heavy atom. The topological polar surface area (TPSA) is 43.8 Å². The largest absolute Gasteiger partial charge is 0.481 e. The summed E-state index contributed by atoms with van der Waals surface area (Å²) in [5, 5.41) is 8.93. The first-order valence-electron chi connectivity index (χ1n) is 5.69. The molecule has 88 valence electrons. The fourth-order valence-electron chi connectivity index (χ4n) is 2.07. The van der Waals surface area contributed by atoms with Crippen molar-refractivity contribution >= 4 is 5.97 Å². The van der Waals surface area contributed by atoms with Crippen LogP contribution >= 0.6 is 0 Å². The molecule has 1 heterocycles. The lowest BCUT2D eigenvalue weighted by molar-refractivity contribution is -0.143. The summed E-state index contributed by atoms with van der Waals surface area (Å²) in [5.74, 6) is -0.773. The molecule has 1 aliphatic rings. The van der Waals surface area contributed by atoms with Gasteiger partial charge in [-0.1, -0.05) is 0 Å². The second kappa shape index (κ2) is 6.08. The van der Waals surface area contributed by atoms with E-state index in [0.29, 0.717) is 0 Å². The van der Waals surface area contributed by atoms with Gasteiger partial charge in [-0.25, -0.2) is 0 Å². The number of rotatable bonds is 5. The Hall–Kier alpha value is -0.610. The normalized spacial score (nSPS) is 23.3. The van der Waals surface area contributed by atoms with Crippen molar-refractivity contribution in [3.8, 4) is 0 Å². The second-order valence-electron chi connectivity index (χ2n) is 4.63. The summed E-state index contributed by atoms with van der Waals surface area (Å²) in [7, 11) is 4.13. The molecule has 15 heavy (non-hydrogen) atoms. The van der Waals surface area contributed by atoms with Crippen LogP contribution in [0.3, 0.4) is 0 Å². The highest BCUT2D eigenvalue weighted by atomic mass is 16.4. The van der Waals surface area contributed by atoms with E-state index in [4.69, 9.17) is 5.11 Å². The van der Waals surface area contributed by atoms with E-state index in [1.54, 1.807) is 0 Å². The first-order chi connectivity index (χ1) is 7.09. The van der Waals surface area contributed by atoms with Gasteiger partial charge in [-0.15, -0.1) is 0 Å². The lowest BCUT2D eigenvalue weighted by atomic mass is 9.98.